The lowest BCUT2D eigenvalue weighted by molar-refractivity contribution is -0.140. The van der Waals surface area contributed by atoms with E-state index in [0.29, 0.717) is 40.1 Å². The molecular formula is C23H20ClNO5S. The van der Waals surface area contributed by atoms with E-state index >= 15 is 0 Å². The maximum absolute atomic E-state index is 12.5. The van der Waals surface area contributed by atoms with Crippen LogP contribution in [0.1, 0.15) is 18.2 Å². The largest absolute Gasteiger partial charge is 0.493 e. The first-order chi connectivity index (χ1) is 15.1. The van der Waals surface area contributed by atoms with Crippen molar-refractivity contribution < 1.29 is 23.7 Å². The number of fused-ring (bicyclic) bond motifs is 1. The molecule has 0 bridgehead atoms. The van der Waals surface area contributed by atoms with Crippen molar-refractivity contribution >= 4 is 35.0 Å². The summed E-state index contributed by atoms with van der Waals surface area (Å²) in [6.07, 6.45) is 1.74. The molecule has 0 atom stereocenters. The second-order valence-electron chi connectivity index (χ2n) is 6.66. The number of carbonyl (C=O) groups is 1. The minimum Gasteiger partial charge on any atom is -0.493 e. The van der Waals surface area contributed by atoms with Crippen molar-refractivity contribution in [2.24, 2.45) is 0 Å². The second kappa shape index (κ2) is 9.41. The molecule has 0 saturated carbocycles. The quantitative estimate of drug-likeness (QED) is 0.443. The van der Waals surface area contributed by atoms with E-state index in [-0.39, 0.29) is 13.2 Å². The highest BCUT2D eigenvalue weighted by molar-refractivity contribution is 7.13. The van der Waals surface area contributed by atoms with Crippen molar-refractivity contribution in [3.63, 3.8) is 0 Å². The van der Waals surface area contributed by atoms with Gasteiger partial charge in [-0.3, -0.25) is 0 Å². The second-order valence-corrected chi connectivity index (χ2v) is 7.95. The van der Waals surface area contributed by atoms with Gasteiger partial charge < -0.3 is 18.9 Å². The molecule has 0 radical (unpaired) electrons. The van der Waals surface area contributed by atoms with Crippen LogP contribution in [0.25, 0.3) is 16.6 Å². The van der Waals surface area contributed by atoms with Gasteiger partial charge in [-0.1, -0.05) is 11.6 Å². The topological polar surface area (TPSA) is 66.9 Å². The molecule has 3 aromatic rings. The summed E-state index contributed by atoms with van der Waals surface area (Å²) >= 11 is 7.49. The zero-order valence-electron chi connectivity index (χ0n) is 17.0. The Morgan fingerprint density at radius 2 is 2.10 bits per heavy atom. The zero-order valence-corrected chi connectivity index (χ0v) is 18.6. The predicted molar refractivity (Wildman–Crippen MR) is 120 cm³/mol. The molecule has 1 aromatic heterocycles. The van der Waals surface area contributed by atoms with Gasteiger partial charge in [0, 0.05) is 21.5 Å². The van der Waals surface area contributed by atoms with Crippen molar-refractivity contribution in [3.8, 4) is 27.8 Å². The summed E-state index contributed by atoms with van der Waals surface area (Å²) < 4.78 is 22.0. The fraction of sp³-hybridized carbons (Fsp3) is 0.217. The molecule has 0 aliphatic carbocycles. The molecule has 4 rings (SSSR count). The van der Waals surface area contributed by atoms with E-state index < -0.39 is 5.97 Å². The average molecular weight is 458 g/mol. The third-order valence-corrected chi connectivity index (χ3v) is 5.74. The Bertz CT molecular complexity index is 1140. The van der Waals surface area contributed by atoms with Gasteiger partial charge in [-0.2, -0.15) is 0 Å². The zero-order chi connectivity index (χ0) is 21.8. The average Bonchev–Trinajstić information content (AvgIpc) is 3.26. The first kappa shape index (κ1) is 21.2. The summed E-state index contributed by atoms with van der Waals surface area (Å²) in [5, 5.41) is 3.25. The lowest BCUT2D eigenvalue weighted by Crippen LogP contribution is -2.17. The minimum atomic E-state index is -0.442. The highest BCUT2D eigenvalue weighted by atomic mass is 35.5. The Labute approximate surface area is 189 Å². The molecule has 31 heavy (non-hydrogen) atoms. The molecule has 0 saturated heterocycles. The number of rotatable bonds is 7. The Kier molecular flexibility index (Phi) is 6.44. The van der Waals surface area contributed by atoms with Crippen molar-refractivity contribution in [2.75, 3.05) is 20.3 Å². The number of methoxy groups -OCH3 is 1. The van der Waals surface area contributed by atoms with Crippen LogP contribution in [0.5, 0.6) is 17.2 Å². The first-order valence-corrected chi connectivity index (χ1v) is 10.9. The van der Waals surface area contributed by atoms with Crippen LogP contribution in [0.4, 0.5) is 0 Å². The Balaban J connectivity index is 1.42. The number of hydrogen-bond acceptors (Lipinski definition) is 7. The molecule has 1 aliphatic heterocycles. The van der Waals surface area contributed by atoms with Crippen molar-refractivity contribution in [2.45, 2.75) is 13.5 Å². The predicted octanol–water partition coefficient (Wildman–Crippen LogP) is 5.39. The highest BCUT2D eigenvalue weighted by Gasteiger charge is 2.19. The van der Waals surface area contributed by atoms with Crippen LogP contribution < -0.4 is 14.2 Å². The molecule has 0 amide bonds. The van der Waals surface area contributed by atoms with Crippen LogP contribution in [0.2, 0.25) is 5.02 Å². The number of aromatic nitrogens is 1. The molecule has 0 fully saturated rings. The van der Waals surface area contributed by atoms with Gasteiger partial charge in [-0.15, -0.1) is 11.3 Å². The van der Waals surface area contributed by atoms with Crippen molar-refractivity contribution in [3.05, 3.63) is 63.6 Å². The Hall–Kier alpha value is -3.03. The molecule has 2 heterocycles. The van der Waals surface area contributed by atoms with Gasteiger partial charge in [-0.25, -0.2) is 9.78 Å². The number of halogens is 1. The monoisotopic (exact) mass is 457 g/mol. The smallest absolute Gasteiger partial charge is 0.337 e. The highest BCUT2D eigenvalue weighted by Crippen LogP contribution is 2.34. The van der Waals surface area contributed by atoms with Crippen molar-refractivity contribution in [1.29, 1.82) is 0 Å². The SMILES string of the molecule is CCOc1ccc(-c2nc(COC(=O)C3=Cc4cc(Cl)ccc4OC3)cs2)cc1OC. The van der Waals surface area contributed by atoms with E-state index in [0.717, 1.165) is 16.1 Å². The normalized spacial score (nSPS) is 12.4. The van der Waals surface area contributed by atoms with E-state index in [9.17, 15) is 4.79 Å². The van der Waals surface area contributed by atoms with Crippen LogP contribution in [0, 0.1) is 0 Å². The Morgan fingerprint density at radius 1 is 1.23 bits per heavy atom. The maximum Gasteiger partial charge on any atom is 0.337 e. The lowest BCUT2D eigenvalue weighted by atomic mass is 10.1. The number of esters is 1. The minimum absolute atomic E-state index is 0.0727. The molecule has 2 aromatic carbocycles. The van der Waals surface area contributed by atoms with Crippen molar-refractivity contribution in [1.82, 2.24) is 4.98 Å². The van der Waals surface area contributed by atoms with E-state index in [1.54, 1.807) is 31.4 Å². The molecule has 6 nitrogen and oxygen atoms in total. The van der Waals surface area contributed by atoms with Crippen LogP contribution in [-0.2, 0) is 16.1 Å². The van der Waals surface area contributed by atoms with E-state index in [2.05, 4.69) is 4.98 Å². The van der Waals surface area contributed by atoms with E-state index in [4.69, 9.17) is 30.5 Å². The number of hydrogen-bond donors (Lipinski definition) is 0. The van der Waals surface area contributed by atoms with Crippen LogP contribution in [-0.4, -0.2) is 31.3 Å². The number of thiazole rings is 1. The summed E-state index contributed by atoms with van der Waals surface area (Å²) in [6.45, 7) is 2.71. The number of carbonyl (C=O) groups excluding carboxylic acids is 1. The lowest BCUT2D eigenvalue weighted by Gasteiger charge is -2.17. The standard InChI is InChI=1S/C23H20ClNO5S/c1-3-28-20-6-4-14(10-21(20)27-2)22-25-18(13-31-22)12-30-23(26)16-8-15-9-17(24)5-7-19(15)29-11-16/h4-10,13H,3,11-12H2,1-2H3. The number of ether oxygens (including phenoxy) is 4. The molecule has 0 spiro atoms. The molecule has 0 N–H and O–H groups in total. The summed E-state index contributed by atoms with van der Waals surface area (Å²) in [4.78, 5) is 17.0. The van der Waals surface area contributed by atoms with Gasteiger partial charge in [0.25, 0.3) is 0 Å². The molecule has 0 unspecified atom stereocenters. The summed E-state index contributed by atoms with van der Waals surface area (Å²) in [6, 6.07) is 10.9. The first-order valence-electron chi connectivity index (χ1n) is 9.63. The third kappa shape index (κ3) is 4.84. The van der Waals surface area contributed by atoms with Gasteiger partial charge in [0.05, 0.1) is 25.0 Å². The molecule has 8 heteroatoms. The number of benzene rings is 2. The Morgan fingerprint density at radius 3 is 2.90 bits per heavy atom. The van der Waals surface area contributed by atoms with Gasteiger partial charge >= 0.3 is 5.97 Å². The molecule has 160 valence electrons. The van der Waals surface area contributed by atoms with Gasteiger partial charge in [0.1, 0.15) is 24.0 Å². The van der Waals surface area contributed by atoms with Crippen LogP contribution in [0.3, 0.4) is 0 Å². The van der Waals surface area contributed by atoms with Crippen LogP contribution in [0.15, 0.2) is 47.4 Å². The summed E-state index contributed by atoms with van der Waals surface area (Å²) in [7, 11) is 1.60. The summed E-state index contributed by atoms with van der Waals surface area (Å²) in [5.74, 6) is 1.58. The number of nitrogens with zero attached hydrogens (tertiary/aromatic N) is 1. The third-order valence-electron chi connectivity index (χ3n) is 4.56. The molecular weight excluding hydrogens is 438 g/mol. The van der Waals surface area contributed by atoms with Gasteiger partial charge in [0.2, 0.25) is 0 Å². The molecule has 1 aliphatic rings. The van der Waals surface area contributed by atoms with Crippen LogP contribution >= 0.6 is 22.9 Å². The summed E-state index contributed by atoms with van der Waals surface area (Å²) in [5.41, 5.74) is 2.76. The fourth-order valence-electron chi connectivity index (χ4n) is 3.08. The maximum atomic E-state index is 12.5. The van der Waals surface area contributed by atoms with E-state index in [1.807, 2.05) is 30.5 Å². The van der Waals surface area contributed by atoms with Gasteiger partial charge in [-0.05, 0) is 49.4 Å². The van der Waals surface area contributed by atoms with E-state index in [1.165, 1.54) is 11.3 Å². The fourth-order valence-corrected chi connectivity index (χ4v) is 4.06. The van der Waals surface area contributed by atoms with Gasteiger partial charge in [0.15, 0.2) is 11.5 Å².